The Morgan fingerprint density at radius 1 is 0.857 bits per heavy atom. The first kappa shape index (κ1) is 13.9. The van der Waals surface area contributed by atoms with Crippen LogP contribution in [0.4, 0.5) is 0 Å². The highest BCUT2D eigenvalue weighted by molar-refractivity contribution is 4.51. The Kier molecular flexibility index (Phi) is 8.20. The molecule has 0 unspecified atom stereocenters. The summed E-state index contributed by atoms with van der Waals surface area (Å²) in [4.78, 5) is 0. The average Bonchev–Trinajstić information content (AvgIpc) is 2.02. The van der Waals surface area contributed by atoms with Crippen LogP contribution < -0.4 is 0 Å². The highest BCUT2D eigenvalue weighted by Crippen LogP contribution is 2.12. The van der Waals surface area contributed by atoms with Gasteiger partial charge in [-0.15, -0.1) is 0 Å². The summed E-state index contributed by atoms with van der Waals surface area (Å²) in [7, 11) is 0. The van der Waals surface area contributed by atoms with Gasteiger partial charge < -0.3 is 9.47 Å². The topological polar surface area (TPSA) is 18.5 Å². The third kappa shape index (κ3) is 8.52. The van der Waals surface area contributed by atoms with Crippen molar-refractivity contribution in [1.82, 2.24) is 0 Å². The molecule has 0 fully saturated rings. The molecule has 0 aromatic carbocycles. The van der Waals surface area contributed by atoms with E-state index in [2.05, 4.69) is 34.6 Å². The third-order valence-corrected chi connectivity index (χ3v) is 1.89. The van der Waals surface area contributed by atoms with Crippen LogP contribution in [-0.2, 0) is 9.47 Å². The van der Waals surface area contributed by atoms with Gasteiger partial charge in [0.1, 0.15) is 0 Å². The van der Waals surface area contributed by atoms with E-state index in [9.17, 15) is 0 Å². The van der Waals surface area contributed by atoms with Crippen LogP contribution >= 0.6 is 0 Å². The highest BCUT2D eigenvalue weighted by atomic mass is 16.7. The molecular formula is C12H26O2. The standard InChI is InChI=1S/C12H26O2/c1-6-7-8-9-12(13-10(2)3)14-11(4)5/h10-12H,6-9H2,1-5H3. The lowest BCUT2D eigenvalue weighted by Gasteiger charge is -2.22. The molecule has 86 valence electrons. The fourth-order valence-electron chi connectivity index (χ4n) is 1.34. The molecule has 2 heteroatoms. The molecule has 0 aliphatic heterocycles. The molecule has 0 bridgehead atoms. The largest absolute Gasteiger partial charge is 0.350 e. The molecule has 0 N–H and O–H groups in total. The monoisotopic (exact) mass is 202 g/mol. The van der Waals surface area contributed by atoms with Crippen molar-refractivity contribution in [3.8, 4) is 0 Å². The molecule has 0 saturated heterocycles. The zero-order valence-electron chi connectivity index (χ0n) is 10.4. The first-order valence-electron chi connectivity index (χ1n) is 5.87. The van der Waals surface area contributed by atoms with Crippen molar-refractivity contribution in [3.63, 3.8) is 0 Å². The van der Waals surface area contributed by atoms with E-state index in [0.29, 0.717) is 0 Å². The van der Waals surface area contributed by atoms with Crippen LogP contribution in [0.2, 0.25) is 0 Å². The van der Waals surface area contributed by atoms with Crippen molar-refractivity contribution in [2.75, 3.05) is 0 Å². The Balaban J connectivity index is 3.72. The number of unbranched alkanes of at least 4 members (excludes halogenated alkanes) is 2. The van der Waals surface area contributed by atoms with Crippen molar-refractivity contribution in [3.05, 3.63) is 0 Å². The Hall–Kier alpha value is -0.0800. The summed E-state index contributed by atoms with van der Waals surface area (Å²) < 4.78 is 11.4. The van der Waals surface area contributed by atoms with Crippen LogP contribution in [0.5, 0.6) is 0 Å². The van der Waals surface area contributed by atoms with E-state index in [4.69, 9.17) is 9.47 Å². The maximum absolute atomic E-state index is 5.69. The van der Waals surface area contributed by atoms with E-state index >= 15 is 0 Å². The summed E-state index contributed by atoms with van der Waals surface area (Å²) in [6.07, 6.45) is 5.21. The van der Waals surface area contributed by atoms with Gasteiger partial charge in [-0.05, 0) is 40.5 Å². The van der Waals surface area contributed by atoms with E-state index in [0.717, 1.165) is 6.42 Å². The molecule has 0 aromatic heterocycles. The normalized spacial score (nSPS) is 12.0. The van der Waals surface area contributed by atoms with Crippen LogP contribution in [-0.4, -0.2) is 18.5 Å². The molecule has 0 atom stereocenters. The molecule has 14 heavy (non-hydrogen) atoms. The van der Waals surface area contributed by atoms with Crippen molar-refractivity contribution >= 4 is 0 Å². The van der Waals surface area contributed by atoms with Crippen LogP contribution in [0.25, 0.3) is 0 Å². The van der Waals surface area contributed by atoms with Crippen LogP contribution in [0.1, 0.15) is 60.3 Å². The first-order valence-corrected chi connectivity index (χ1v) is 5.87. The molecule has 0 rings (SSSR count). The molecule has 0 heterocycles. The van der Waals surface area contributed by atoms with E-state index in [1.54, 1.807) is 0 Å². The van der Waals surface area contributed by atoms with Crippen molar-refractivity contribution in [2.24, 2.45) is 0 Å². The summed E-state index contributed by atoms with van der Waals surface area (Å²) in [6, 6.07) is 0. The molecule has 0 saturated carbocycles. The van der Waals surface area contributed by atoms with Gasteiger partial charge in [-0.25, -0.2) is 0 Å². The smallest absolute Gasteiger partial charge is 0.158 e. The number of ether oxygens (including phenoxy) is 2. The van der Waals surface area contributed by atoms with Gasteiger partial charge >= 0.3 is 0 Å². The second-order valence-corrected chi connectivity index (χ2v) is 4.30. The Morgan fingerprint density at radius 2 is 1.36 bits per heavy atom. The van der Waals surface area contributed by atoms with E-state index in [1.807, 2.05) is 0 Å². The molecule has 0 amide bonds. The first-order chi connectivity index (χ1) is 6.56. The number of hydrogen-bond donors (Lipinski definition) is 0. The lowest BCUT2D eigenvalue weighted by Crippen LogP contribution is -2.24. The van der Waals surface area contributed by atoms with Crippen LogP contribution in [0.3, 0.4) is 0 Å². The van der Waals surface area contributed by atoms with Gasteiger partial charge in [0.05, 0.1) is 12.2 Å². The summed E-state index contributed by atoms with van der Waals surface area (Å²) in [6.45, 7) is 10.4. The van der Waals surface area contributed by atoms with Gasteiger partial charge in [0, 0.05) is 0 Å². The summed E-state index contributed by atoms with van der Waals surface area (Å²) in [5, 5.41) is 0. The van der Waals surface area contributed by atoms with Crippen molar-refractivity contribution < 1.29 is 9.47 Å². The Morgan fingerprint density at radius 3 is 1.71 bits per heavy atom. The van der Waals surface area contributed by atoms with Crippen LogP contribution in [0, 0.1) is 0 Å². The molecule has 0 aliphatic carbocycles. The average molecular weight is 202 g/mol. The highest BCUT2D eigenvalue weighted by Gasteiger charge is 2.12. The molecule has 0 spiro atoms. The quantitative estimate of drug-likeness (QED) is 0.441. The van der Waals surface area contributed by atoms with E-state index in [1.165, 1.54) is 19.3 Å². The van der Waals surface area contributed by atoms with Gasteiger partial charge in [0.15, 0.2) is 6.29 Å². The molecule has 2 nitrogen and oxygen atoms in total. The van der Waals surface area contributed by atoms with Crippen LogP contribution in [0.15, 0.2) is 0 Å². The zero-order chi connectivity index (χ0) is 11.0. The minimum absolute atomic E-state index is 0.0125. The maximum atomic E-state index is 5.69. The second-order valence-electron chi connectivity index (χ2n) is 4.30. The van der Waals surface area contributed by atoms with Gasteiger partial charge in [0.2, 0.25) is 0 Å². The van der Waals surface area contributed by atoms with E-state index in [-0.39, 0.29) is 18.5 Å². The third-order valence-electron chi connectivity index (χ3n) is 1.89. The zero-order valence-corrected chi connectivity index (χ0v) is 10.4. The predicted octanol–water partition coefficient (Wildman–Crippen LogP) is 3.74. The lowest BCUT2D eigenvalue weighted by molar-refractivity contribution is -0.184. The summed E-state index contributed by atoms with van der Waals surface area (Å²) in [5.41, 5.74) is 0. The lowest BCUT2D eigenvalue weighted by atomic mass is 10.2. The van der Waals surface area contributed by atoms with Gasteiger partial charge in [-0.3, -0.25) is 0 Å². The predicted molar refractivity (Wildman–Crippen MR) is 60.4 cm³/mol. The second kappa shape index (κ2) is 8.25. The molecule has 0 aromatic rings. The van der Waals surface area contributed by atoms with Gasteiger partial charge in [0.25, 0.3) is 0 Å². The van der Waals surface area contributed by atoms with Crippen molar-refractivity contribution in [1.29, 1.82) is 0 Å². The minimum atomic E-state index is -0.0125. The maximum Gasteiger partial charge on any atom is 0.158 e. The summed E-state index contributed by atoms with van der Waals surface area (Å²) in [5.74, 6) is 0. The van der Waals surface area contributed by atoms with Gasteiger partial charge in [-0.1, -0.05) is 19.8 Å². The SMILES string of the molecule is CCCCCC(OC(C)C)OC(C)C. The molecule has 0 aliphatic rings. The van der Waals surface area contributed by atoms with E-state index < -0.39 is 0 Å². The molecular weight excluding hydrogens is 176 g/mol. The fraction of sp³-hybridized carbons (Fsp3) is 1.00. The number of rotatable bonds is 8. The fourth-order valence-corrected chi connectivity index (χ4v) is 1.34. The number of hydrogen-bond acceptors (Lipinski definition) is 2. The van der Waals surface area contributed by atoms with Crippen molar-refractivity contribution in [2.45, 2.75) is 78.8 Å². The summed E-state index contributed by atoms with van der Waals surface area (Å²) >= 11 is 0. The Bertz CT molecular complexity index is 111. The minimum Gasteiger partial charge on any atom is -0.350 e. The van der Waals surface area contributed by atoms with Gasteiger partial charge in [-0.2, -0.15) is 0 Å². The Labute approximate surface area is 89.0 Å². The molecule has 0 radical (unpaired) electrons.